The van der Waals surface area contributed by atoms with Gasteiger partial charge in [0.25, 0.3) is 0 Å². The lowest BCUT2D eigenvalue weighted by molar-refractivity contribution is -0.0497. The van der Waals surface area contributed by atoms with E-state index in [2.05, 4.69) is 48.8 Å². The van der Waals surface area contributed by atoms with Crippen LogP contribution in [0.5, 0.6) is 0 Å². The van der Waals surface area contributed by atoms with E-state index in [1.165, 1.54) is 6.33 Å². The van der Waals surface area contributed by atoms with Crippen LogP contribution in [-0.4, -0.2) is 63.0 Å². The molecule has 1 aliphatic rings. The summed E-state index contributed by atoms with van der Waals surface area (Å²) in [5, 5.41) is 20.2. The van der Waals surface area contributed by atoms with E-state index in [-0.39, 0.29) is 17.5 Å². The molecule has 1 saturated heterocycles. The van der Waals surface area contributed by atoms with Crippen LogP contribution in [0.1, 0.15) is 27.0 Å². The van der Waals surface area contributed by atoms with Gasteiger partial charge in [-0.3, -0.25) is 4.57 Å². The fourth-order valence-corrected chi connectivity index (χ4v) is 4.08. The Morgan fingerprint density at radius 2 is 2.00 bits per heavy atom. The summed E-state index contributed by atoms with van der Waals surface area (Å²) in [5.74, 6) is 0.271. The zero-order valence-electron chi connectivity index (χ0n) is 15.7. The lowest BCUT2D eigenvalue weighted by Gasteiger charge is -2.40. The quantitative estimate of drug-likeness (QED) is 0.670. The predicted octanol–water partition coefficient (Wildman–Crippen LogP) is 1.05. The number of imidazole rings is 1. The number of aliphatic hydroxyl groups excluding tert-OH is 2. The molecule has 10 heteroatoms. The normalized spacial score (nSPS) is 27.3. The van der Waals surface area contributed by atoms with Crippen LogP contribution in [-0.2, 0) is 9.16 Å². The monoisotopic (exact) mass is 381 g/mol. The highest BCUT2D eigenvalue weighted by atomic mass is 28.4. The van der Waals surface area contributed by atoms with Crippen LogP contribution in [0, 0.1) is 0 Å². The van der Waals surface area contributed by atoms with Crippen molar-refractivity contribution in [2.24, 2.45) is 0 Å². The fourth-order valence-electron chi connectivity index (χ4n) is 2.79. The van der Waals surface area contributed by atoms with Gasteiger partial charge in [0.05, 0.1) is 12.9 Å². The minimum atomic E-state index is -2.20. The van der Waals surface area contributed by atoms with Crippen LogP contribution in [0.25, 0.3) is 11.2 Å². The zero-order valence-corrected chi connectivity index (χ0v) is 16.7. The Labute approximate surface area is 153 Å². The van der Waals surface area contributed by atoms with Crippen LogP contribution in [0.4, 0.5) is 5.82 Å². The zero-order chi connectivity index (χ0) is 19.3. The van der Waals surface area contributed by atoms with Crippen molar-refractivity contribution in [3.05, 3.63) is 12.7 Å². The van der Waals surface area contributed by atoms with Crippen LogP contribution < -0.4 is 5.73 Å². The number of hydrogen-bond acceptors (Lipinski definition) is 8. The minimum Gasteiger partial charge on any atom is -0.407 e. The Morgan fingerprint density at radius 1 is 1.31 bits per heavy atom. The Balaban J connectivity index is 2.01. The first-order chi connectivity index (χ1) is 12.1. The number of anilines is 1. The van der Waals surface area contributed by atoms with Gasteiger partial charge in [-0.05, 0) is 18.1 Å². The minimum absolute atomic E-state index is 0.0435. The molecule has 0 aromatic carbocycles. The van der Waals surface area contributed by atoms with Gasteiger partial charge in [-0.25, -0.2) is 15.0 Å². The summed E-state index contributed by atoms with van der Waals surface area (Å²) in [6.07, 6.45) is -0.122. The van der Waals surface area contributed by atoms with Crippen molar-refractivity contribution in [2.45, 2.75) is 63.4 Å². The lowest BCUT2D eigenvalue weighted by atomic mass is 10.1. The summed E-state index contributed by atoms with van der Waals surface area (Å²) in [5.41, 5.74) is 6.82. The van der Waals surface area contributed by atoms with Crippen LogP contribution >= 0.6 is 0 Å². The molecule has 0 amide bonds. The number of aliphatic hydroxyl groups is 2. The van der Waals surface area contributed by atoms with Crippen molar-refractivity contribution < 1.29 is 19.4 Å². The first kappa shape index (κ1) is 19.2. The number of nitrogens with zero attached hydrogens (tertiary/aromatic N) is 4. The molecule has 3 rings (SSSR count). The third kappa shape index (κ3) is 3.12. The first-order valence-electron chi connectivity index (χ1n) is 8.62. The van der Waals surface area contributed by atoms with Crippen LogP contribution in [0.3, 0.4) is 0 Å². The summed E-state index contributed by atoms with van der Waals surface area (Å²) in [6.45, 7) is 10.3. The molecule has 2 aromatic rings. The standard InChI is InChI=1S/C16H27N5O4Si/c1-16(2,3)26(4,5)25-12-11(23)9(6-22)24-15(12)21-8-20-10-13(17)18-7-19-14(10)21/h7-9,11-12,15,22-23H,6H2,1-5H3,(H2,17,18,19)/t9-,11?,12?,15-/m1/s1. The van der Waals surface area contributed by atoms with E-state index in [1.807, 2.05) is 0 Å². The van der Waals surface area contributed by atoms with E-state index in [0.717, 1.165) is 0 Å². The van der Waals surface area contributed by atoms with Crippen molar-refractivity contribution in [3.8, 4) is 0 Å². The topological polar surface area (TPSA) is 129 Å². The number of aromatic nitrogens is 4. The number of rotatable bonds is 4. The van der Waals surface area contributed by atoms with Crippen LogP contribution in [0.2, 0.25) is 18.1 Å². The van der Waals surface area contributed by atoms with E-state index in [1.54, 1.807) is 10.9 Å². The first-order valence-corrected chi connectivity index (χ1v) is 11.5. The maximum absolute atomic E-state index is 10.7. The van der Waals surface area contributed by atoms with Crippen molar-refractivity contribution in [2.75, 3.05) is 12.3 Å². The van der Waals surface area contributed by atoms with Crippen molar-refractivity contribution in [1.82, 2.24) is 19.5 Å². The van der Waals surface area contributed by atoms with E-state index < -0.39 is 32.9 Å². The van der Waals surface area contributed by atoms with Crippen molar-refractivity contribution in [1.29, 1.82) is 0 Å². The largest absolute Gasteiger partial charge is 0.407 e. The summed E-state index contributed by atoms with van der Waals surface area (Å²) >= 11 is 0. The SMILES string of the molecule is CC(C)(C)[Si](C)(C)OC1C(O)[C@@H](CO)O[C@H]1n1cnc2c(N)ncnc21. The van der Waals surface area contributed by atoms with Crippen molar-refractivity contribution >= 4 is 25.3 Å². The average Bonchev–Trinajstić information content (AvgIpc) is 3.09. The molecule has 0 radical (unpaired) electrons. The molecule has 4 N–H and O–H groups in total. The second kappa shape index (κ2) is 6.53. The molecule has 1 aliphatic heterocycles. The molecule has 0 aliphatic carbocycles. The van der Waals surface area contributed by atoms with E-state index >= 15 is 0 Å². The third-order valence-electron chi connectivity index (χ3n) is 5.39. The molecular formula is C16H27N5O4Si. The highest BCUT2D eigenvalue weighted by molar-refractivity contribution is 6.74. The van der Waals surface area contributed by atoms with Gasteiger partial charge in [0.1, 0.15) is 30.2 Å². The van der Waals surface area contributed by atoms with Crippen molar-refractivity contribution in [3.63, 3.8) is 0 Å². The molecule has 144 valence electrons. The highest BCUT2D eigenvalue weighted by Gasteiger charge is 2.50. The van der Waals surface area contributed by atoms with E-state index in [0.29, 0.717) is 11.2 Å². The molecular weight excluding hydrogens is 354 g/mol. The van der Waals surface area contributed by atoms with Gasteiger partial charge in [0.2, 0.25) is 0 Å². The third-order valence-corrected chi connectivity index (χ3v) is 9.86. The molecule has 0 saturated carbocycles. The summed E-state index contributed by atoms with van der Waals surface area (Å²) < 4.78 is 14.0. The second-order valence-corrected chi connectivity index (χ2v) is 12.9. The maximum Gasteiger partial charge on any atom is 0.192 e. The summed E-state index contributed by atoms with van der Waals surface area (Å²) in [6, 6.07) is 0. The molecule has 0 spiro atoms. The number of ether oxygens (including phenoxy) is 1. The fraction of sp³-hybridized carbons (Fsp3) is 0.688. The molecule has 3 heterocycles. The number of hydrogen-bond donors (Lipinski definition) is 3. The second-order valence-electron chi connectivity index (χ2n) is 8.16. The number of fused-ring (bicyclic) bond motifs is 1. The van der Waals surface area contributed by atoms with Gasteiger partial charge in [-0.1, -0.05) is 20.8 Å². The Morgan fingerprint density at radius 3 is 2.62 bits per heavy atom. The molecule has 2 unspecified atom stereocenters. The van der Waals surface area contributed by atoms with Gasteiger partial charge in [-0.2, -0.15) is 0 Å². The average molecular weight is 382 g/mol. The number of nitrogens with two attached hydrogens (primary N) is 1. The van der Waals surface area contributed by atoms with E-state index in [4.69, 9.17) is 14.9 Å². The predicted molar refractivity (Wildman–Crippen MR) is 98.8 cm³/mol. The van der Waals surface area contributed by atoms with Gasteiger partial charge >= 0.3 is 0 Å². The molecule has 1 fully saturated rings. The number of nitrogen functional groups attached to an aromatic ring is 1. The molecule has 2 aromatic heterocycles. The van der Waals surface area contributed by atoms with Crippen LogP contribution in [0.15, 0.2) is 12.7 Å². The van der Waals surface area contributed by atoms with E-state index in [9.17, 15) is 10.2 Å². The van der Waals surface area contributed by atoms with Gasteiger partial charge in [-0.15, -0.1) is 0 Å². The maximum atomic E-state index is 10.7. The van der Waals surface area contributed by atoms with Gasteiger partial charge < -0.3 is 25.1 Å². The van der Waals surface area contributed by atoms with Gasteiger partial charge in [0, 0.05) is 0 Å². The Kier molecular flexibility index (Phi) is 4.82. The van der Waals surface area contributed by atoms with Gasteiger partial charge in [0.15, 0.2) is 26.0 Å². The smallest absolute Gasteiger partial charge is 0.192 e. The Bertz CT molecular complexity index is 791. The molecule has 0 bridgehead atoms. The Hall–Kier alpha value is -1.59. The lowest BCUT2D eigenvalue weighted by Crippen LogP contribution is -2.48. The highest BCUT2D eigenvalue weighted by Crippen LogP contribution is 2.42. The molecule has 4 atom stereocenters. The summed E-state index contributed by atoms with van der Waals surface area (Å²) in [7, 11) is -2.20. The molecule has 9 nitrogen and oxygen atoms in total. The summed E-state index contributed by atoms with van der Waals surface area (Å²) in [4.78, 5) is 12.4. The molecule has 26 heavy (non-hydrogen) atoms.